The third-order valence-corrected chi connectivity index (χ3v) is 2.93. The first-order valence-electron chi connectivity index (χ1n) is 6.39. The van der Waals surface area contributed by atoms with Crippen molar-refractivity contribution < 1.29 is 18.0 Å². The summed E-state index contributed by atoms with van der Waals surface area (Å²) in [6, 6.07) is -1.24. The molecule has 0 aliphatic rings. The van der Waals surface area contributed by atoms with E-state index in [2.05, 4.69) is 0 Å². The molecule has 108 valence electrons. The number of nitrogens with two attached hydrogens (primary N) is 1. The molecular weight excluding hydrogens is 245 g/mol. The molecule has 0 bridgehead atoms. The molecule has 0 saturated heterocycles. The maximum atomic E-state index is 12.5. The van der Waals surface area contributed by atoms with Crippen LogP contribution in [0.1, 0.15) is 46.5 Å². The minimum absolute atomic E-state index is 0.401. The second-order valence-corrected chi connectivity index (χ2v) is 4.45. The van der Waals surface area contributed by atoms with Crippen LogP contribution in [0.3, 0.4) is 0 Å². The van der Waals surface area contributed by atoms with Crippen molar-refractivity contribution in [1.29, 1.82) is 0 Å². The van der Waals surface area contributed by atoms with E-state index >= 15 is 0 Å². The summed E-state index contributed by atoms with van der Waals surface area (Å²) >= 11 is 0. The van der Waals surface area contributed by atoms with Gasteiger partial charge in [-0.15, -0.1) is 0 Å². The quantitative estimate of drug-likeness (QED) is 0.771. The van der Waals surface area contributed by atoms with Gasteiger partial charge in [0, 0.05) is 6.04 Å². The van der Waals surface area contributed by atoms with Gasteiger partial charge < -0.3 is 10.6 Å². The lowest BCUT2D eigenvalue weighted by atomic mass is 10.1. The second-order valence-electron chi connectivity index (χ2n) is 4.45. The normalized spacial score (nSPS) is 13.8. The molecule has 3 nitrogen and oxygen atoms in total. The Morgan fingerprint density at radius 3 is 2.06 bits per heavy atom. The molecule has 0 aromatic carbocycles. The van der Waals surface area contributed by atoms with Gasteiger partial charge in [-0.1, -0.05) is 27.2 Å². The molecule has 0 aliphatic carbocycles. The van der Waals surface area contributed by atoms with Crippen molar-refractivity contribution in [2.45, 2.75) is 64.7 Å². The van der Waals surface area contributed by atoms with E-state index in [9.17, 15) is 18.0 Å². The van der Waals surface area contributed by atoms with Gasteiger partial charge >= 0.3 is 6.18 Å². The molecule has 0 aliphatic heterocycles. The van der Waals surface area contributed by atoms with Crippen LogP contribution < -0.4 is 5.73 Å². The van der Waals surface area contributed by atoms with Crippen molar-refractivity contribution in [3.8, 4) is 0 Å². The predicted molar refractivity (Wildman–Crippen MR) is 65.0 cm³/mol. The van der Waals surface area contributed by atoms with Crippen LogP contribution in [0, 0.1) is 0 Å². The van der Waals surface area contributed by atoms with Gasteiger partial charge in [0.25, 0.3) is 0 Å². The summed E-state index contributed by atoms with van der Waals surface area (Å²) in [4.78, 5) is 12.9. The van der Waals surface area contributed by atoms with Crippen LogP contribution in [-0.2, 0) is 4.79 Å². The molecule has 0 saturated carbocycles. The lowest BCUT2D eigenvalue weighted by Gasteiger charge is -2.33. The predicted octanol–water partition coefficient (Wildman–Crippen LogP) is 2.69. The Morgan fingerprint density at radius 2 is 1.72 bits per heavy atom. The van der Waals surface area contributed by atoms with E-state index in [4.69, 9.17) is 5.73 Å². The summed E-state index contributed by atoms with van der Waals surface area (Å²) in [5, 5.41) is 0. The van der Waals surface area contributed by atoms with E-state index in [0.29, 0.717) is 25.7 Å². The number of carbonyl (C=O) groups excluding carboxylic acids is 1. The number of hydrogen-bond acceptors (Lipinski definition) is 2. The lowest BCUT2D eigenvalue weighted by molar-refractivity contribution is -0.167. The molecule has 0 radical (unpaired) electrons. The van der Waals surface area contributed by atoms with Crippen LogP contribution in [0.5, 0.6) is 0 Å². The molecule has 0 unspecified atom stereocenters. The highest BCUT2D eigenvalue weighted by atomic mass is 19.4. The van der Waals surface area contributed by atoms with Crippen molar-refractivity contribution in [2.75, 3.05) is 6.54 Å². The molecule has 18 heavy (non-hydrogen) atoms. The number of hydrogen-bond donors (Lipinski definition) is 1. The first-order valence-corrected chi connectivity index (χ1v) is 6.39. The summed E-state index contributed by atoms with van der Waals surface area (Å²) in [7, 11) is 0. The summed E-state index contributed by atoms with van der Waals surface area (Å²) < 4.78 is 37.5. The van der Waals surface area contributed by atoms with E-state index < -0.39 is 30.7 Å². The van der Waals surface area contributed by atoms with Crippen molar-refractivity contribution in [1.82, 2.24) is 4.90 Å². The maximum Gasteiger partial charge on any atom is 0.406 e. The van der Waals surface area contributed by atoms with E-state index in [0.717, 1.165) is 4.90 Å². The highest BCUT2D eigenvalue weighted by molar-refractivity contribution is 5.82. The molecule has 0 spiro atoms. The third-order valence-electron chi connectivity index (χ3n) is 2.93. The summed E-state index contributed by atoms with van der Waals surface area (Å²) in [5.74, 6) is -0.595. The fourth-order valence-electron chi connectivity index (χ4n) is 1.96. The van der Waals surface area contributed by atoms with Crippen LogP contribution in [0.15, 0.2) is 0 Å². The van der Waals surface area contributed by atoms with E-state index in [1.165, 1.54) is 0 Å². The zero-order valence-electron chi connectivity index (χ0n) is 11.3. The Hall–Kier alpha value is -0.780. The molecule has 6 heteroatoms. The van der Waals surface area contributed by atoms with Crippen molar-refractivity contribution in [3.05, 3.63) is 0 Å². The summed E-state index contributed by atoms with van der Waals surface area (Å²) in [5.41, 5.74) is 5.64. The first kappa shape index (κ1) is 17.2. The minimum atomic E-state index is -4.38. The highest BCUT2D eigenvalue weighted by Gasteiger charge is 2.36. The van der Waals surface area contributed by atoms with Gasteiger partial charge in [0.05, 0.1) is 6.04 Å². The highest BCUT2D eigenvalue weighted by Crippen LogP contribution is 2.21. The van der Waals surface area contributed by atoms with Crippen molar-refractivity contribution >= 4 is 5.91 Å². The smallest absolute Gasteiger partial charge is 0.329 e. The molecule has 1 atom stereocenters. The Kier molecular flexibility index (Phi) is 7.28. The number of halogens is 3. The van der Waals surface area contributed by atoms with E-state index in [-0.39, 0.29) is 0 Å². The van der Waals surface area contributed by atoms with Crippen LogP contribution in [0.4, 0.5) is 13.2 Å². The fourth-order valence-corrected chi connectivity index (χ4v) is 1.96. The van der Waals surface area contributed by atoms with Gasteiger partial charge in [0.1, 0.15) is 6.54 Å². The monoisotopic (exact) mass is 268 g/mol. The Balaban J connectivity index is 4.90. The zero-order chi connectivity index (χ0) is 14.3. The van der Waals surface area contributed by atoms with Gasteiger partial charge in [0.15, 0.2) is 0 Å². The van der Waals surface area contributed by atoms with E-state index in [1.807, 2.05) is 6.92 Å². The zero-order valence-corrected chi connectivity index (χ0v) is 11.3. The molecule has 0 rings (SSSR count). The van der Waals surface area contributed by atoms with Crippen molar-refractivity contribution in [3.63, 3.8) is 0 Å². The Labute approximate surface area is 107 Å². The van der Waals surface area contributed by atoms with E-state index in [1.54, 1.807) is 13.8 Å². The first-order chi connectivity index (χ1) is 8.26. The number of amides is 1. The maximum absolute atomic E-state index is 12.5. The van der Waals surface area contributed by atoms with Gasteiger partial charge in [-0.25, -0.2) is 0 Å². The van der Waals surface area contributed by atoms with Crippen molar-refractivity contribution in [2.24, 2.45) is 5.73 Å². The number of alkyl halides is 3. The van der Waals surface area contributed by atoms with Crippen LogP contribution in [0.2, 0.25) is 0 Å². The Morgan fingerprint density at radius 1 is 1.22 bits per heavy atom. The van der Waals surface area contributed by atoms with Gasteiger partial charge in [0.2, 0.25) is 5.91 Å². The molecule has 1 amide bonds. The van der Waals surface area contributed by atoms with Crippen LogP contribution in [0.25, 0.3) is 0 Å². The molecule has 0 aromatic rings. The average Bonchev–Trinajstić information content (AvgIpc) is 2.27. The largest absolute Gasteiger partial charge is 0.406 e. The van der Waals surface area contributed by atoms with Gasteiger partial charge in [-0.2, -0.15) is 13.2 Å². The standard InChI is InChI=1S/C12H23F3N2O/c1-4-7-10(16)11(18)17(8-12(13,14)15)9(5-2)6-3/h9-10H,4-8,16H2,1-3H3/t10-/m1/s1. The third kappa shape index (κ3) is 5.71. The lowest BCUT2D eigenvalue weighted by Crippen LogP contribution is -2.51. The molecular formula is C12H23F3N2O. The van der Waals surface area contributed by atoms with Crippen LogP contribution >= 0.6 is 0 Å². The molecule has 0 fully saturated rings. The molecule has 0 aromatic heterocycles. The minimum Gasteiger partial charge on any atom is -0.329 e. The number of carbonyl (C=O) groups is 1. The molecule has 0 heterocycles. The van der Waals surface area contributed by atoms with Gasteiger partial charge in [-0.05, 0) is 19.3 Å². The number of rotatable bonds is 7. The SMILES string of the molecule is CCC[C@@H](N)C(=O)N(CC(F)(F)F)C(CC)CC. The number of nitrogens with zero attached hydrogens (tertiary/aromatic N) is 1. The summed E-state index contributed by atoms with van der Waals surface area (Å²) in [6.07, 6.45) is -2.30. The molecule has 2 N–H and O–H groups in total. The topological polar surface area (TPSA) is 46.3 Å². The van der Waals surface area contributed by atoms with Gasteiger partial charge in [-0.3, -0.25) is 4.79 Å². The van der Waals surface area contributed by atoms with Crippen LogP contribution in [-0.4, -0.2) is 35.6 Å². The Bertz CT molecular complexity index is 252. The summed E-state index contributed by atoms with van der Waals surface area (Å²) in [6.45, 7) is 4.18. The fraction of sp³-hybridized carbons (Fsp3) is 0.917. The average molecular weight is 268 g/mol. The second kappa shape index (κ2) is 7.61.